The number of pyridine rings is 1. The topological polar surface area (TPSA) is 83.0 Å². The van der Waals surface area contributed by atoms with Crippen molar-refractivity contribution < 1.29 is 9.53 Å². The number of nitrogens with two attached hydrogens (primary N) is 1. The van der Waals surface area contributed by atoms with Gasteiger partial charge in [-0.15, -0.1) is 0 Å². The van der Waals surface area contributed by atoms with Gasteiger partial charge in [-0.05, 0) is 50.5 Å². The first-order valence-electron chi connectivity index (χ1n) is 8.46. The second kappa shape index (κ2) is 5.92. The van der Waals surface area contributed by atoms with Gasteiger partial charge < -0.3 is 10.5 Å². The summed E-state index contributed by atoms with van der Waals surface area (Å²) in [6.07, 6.45) is 8.83. The summed E-state index contributed by atoms with van der Waals surface area (Å²) in [6, 6.07) is 1.95. The first-order chi connectivity index (χ1) is 11.2. The van der Waals surface area contributed by atoms with Crippen LogP contribution in [0.3, 0.4) is 0 Å². The quantitative estimate of drug-likeness (QED) is 0.916. The van der Waals surface area contributed by atoms with Crippen molar-refractivity contribution in [2.75, 3.05) is 6.61 Å². The maximum atomic E-state index is 11.2. The fourth-order valence-corrected chi connectivity index (χ4v) is 3.29. The Hall–Kier alpha value is -1.95. The monoisotopic (exact) mass is 314 g/mol. The summed E-state index contributed by atoms with van der Waals surface area (Å²) in [6.45, 7) is 0.781. The molecule has 1 aliphatic heterocycles. The number of primary amides is 1. The summed E-state index contributed by atoms with van der Waals surface area (Å²) in [4.78, 5) is 15.6. The van der Waals surface area contributed by atoms with Crippen LogP contribution in [0.1, 0.15) is 49.7 Å². The van der Waals surface area contributed by atoms with E-state index in [0.717, 1.165) is 54.8 Å². The molecule has 6 nitrogen and oxygen atoms in total. The van der Waals surface area contributed by atoms with Crippen LogP contribution in [0.25, 0.3) is 10.9 Å². The van der Waals surface area contributed by atoms with E-state index < -0.39 is 0 Å². The van der Waals surface area contributed by atoms with Crippen molar-refractivity contribution >= 4 is 16.8 Å². The van der Waals surface area contributed by atoms with Crippen LogP contribution in [0, 0.1) is 5.92 Å². The summed E-state index contributed by atoms with van der Waals surface area (Å²) in [5, 5.41) is 5.93. The molecule has 4 rings (SSSR count). The smallest absolute Gasteiger partial charge is 0.223 e. The molecule has 6 heteroatoms. The van der Waals surface area contributed by atoms with E-state index in [-0.39, 0.29) is 18.6 Å². The highest BCUT2D eigenvalue weighted by molar-refractivity contribution is 5.83. The maximum absolute atomic E-state index is 11.2. The molecule has 122 valence electrons. The van der Waals surface area contributed by atoms with Crippen LogP contribution in [0.15, 0.2) is 12.3 Å². The zero-order valence-electron chi connectivity index (χ0n) is 13.2. The van der Waals surface area contributed by atoms with Crippen LogP contribution in [0.4, 0.5) is 0 Å². The van der Waals surface area contributed by atoms with E-state index in [1.165, 1.54) is 12.8 Å². The second-order valence-electron chi connectivity index (χ2n) is 6.70. The number of rotatable bonds is 5. The van der Waals surface area contributed by atoms with E-state index >= 15 is 0 Å². The molecule has 1 unspecified atom stereocenters. The number of nitrogens with zero attached hydrogens (tertiary/aromatic N) is 3. The molecule has 0 radical (unpaired) electrons. The minimum Gasteiger partial charge on any atom is -0.369 e. The Balaban J connectivity index is 1.75. The third kappa shape index (κ3) is 3.08. The normalized spacial score (nSPS) is 21.7. The molecule has 2 aromatic heterocycles. The van der Waals surface area contributed by atoms with Crippen LogP contribution in [0.5, 0.6) is 0 Å². The van der Waals surface area contributed by atoms with Crippen molar-refractivity contribution in [2.45, 2.75) is 51.2 Å². The number of ether oxygens (including phenoxy) is 1. The summed E-state index contributed by atoms with van der Waals surface area (Å²) in [5.74, 6) is 0.397. The molecule has 2 aromatic rings. The van der Waals surface area contributed by atoms with Crippen molar-refractivity contribution in [2.24, 2.45) is 11.7 Å². The second-order valence-corrected chi connectivity index (χ2v) is 6.70. The highest BCUT2D eigenvalue weighted by Crippen LogP contribution is 2.35. The van der Waals surface area contributed by atoms with Gasteiger partial charge in [0.1, 0.15) is 0 Å². The minimum absolute atomic E-state index is 0.0111. The van der Waals surface area contributed by atoms with Crippen LogP contribution in [0.2, 0.25) is 0 Å². The predicted molar refractivity (Wildman–Crippen MR) is 85.7 cm³/mol. The zero-order chi connectivity index (χ0) is 15.8. The highest BCUT2D eigenvalue weighted by atomic mass is 16.5. The SMILES string of the molecule is NC(=O)Cc1cc2c(cn1)c(CC1CC1)nn2C1CCCCO1. The Kier molecular flexibility index (Phi) is 3.77. The lowest BCUT2D eigenvalue weighted by atomic mass is 10.1. The molecule has 2 N–H and O–H groups in total. The van der Waals surface area contributed by atoms with Crippen molar-refractivity contribution in [1.82, 2.24) is 14.8 Å². The number of carbonyl (C=O) groups is 1. The highest BCUT2D eigenvalue weighted by Gasteiger charge is 2.27. The van der Waals surface area contributed by atoms with Gasteiger partial charge in [0.15, 0.2) is 6.23 Å². The Morgan fingerprint density at radius 1 is 1.35 bits per heavy atom. The van der Waals surface area contributed by atoms with Gasteiger partial charge in [-0.3, -0.25) is 9.78 Å². The van der Waals surface area contributed by atoms with Gasteiger partial charge in [0.2, 0.25) is 5.91 Å². The fraction of sp³-hybridized carbons (Fsp3) is 0.588. The molecular weight excluding hydrogens is 292 g/mol. The number of hydrogen-bond acceptors (Lipinski definition) is 4. The van der Waals surface area contributed by atoms with E-state index in [1.807, 2.05) is 16.9 Å². The molecule has 2 fully saturated rings. The van der Waals surface area contributed by atoms with Crippen LogP contribution in [-0.2, 0) is 22.4 Å². The summed E-state index contributed by atoms with van der Waals surface area (Å²) >= 11 is 0. The lowest BCUT2D eigenvalue weighted by Crippen LogP contribution is -2.19. The molecule has 1 amide bonds. The van der Waals surface area contributed by atoms with E-state index in [4.69, 9.17) is 15.6 Å². The molecule has 0 bridgehead atoms. The van der Waals surface area contributed by atoms with Gasteiger partial charge in [-0.2, -0.15) is 5.10 Å². The van der Waals surface area contributed by atoms with E-state index in [0.29, 0.717) is 5.69 Å². The van der Waals surface area contributed by atoms with E-state index in [1.54, 1.807) is 0 Å². The molecule has 23 heavy (non-hydrogen) atoms. The molecule has 0 aromatic carbocycles. The molecule has 3 heterocycles. The fourth-order valence-electron chi connectivity index (χ4n) is 3.29. The zero-order valence-corrected chi connectivity index (χ0v) is 13.2. The van der Waals surface area contributed by atoms with Gasteiger partial charge in [-0.1, -0.05) is 0 Å². The van der Waals surface area contributed by atoms with Gasteiger partial charge in [0.05, 0.1) is 23.3 Å². The number of fused-ring (bicyclic) bond motifs is 1. The number of hydrogen-bond donors (Lipinski definition) is 1. The lowest BCUT2D eigenvalue weighted by Gasteiger charge is -2.23. The van der Waals surface area contributed by atoms with E-state index in [2.05, 4.69) is 4.98 Å². The van der Waals surface area contributed by atoms with Crippen molar-refractivity contribution in [1.29, 1.82) is 0 Å². The standard InChI is InChI=1S/C17H22N4O2/c18-16(22)9-12-8-15-13(10-19-12)14(7-11-4-5-11)20-21(15)17-3-1-2-6-23-17/h8,10-11,17H,1-7,9H2,(H2,18,22). The van der Waals surface area contributed by atoms with Gasteiger partial charge in [0, 0.05) is 18.2 Å². The predicted octanol–water partition coefficient (Wildman–Crippen LogP) is 2.11. The minimum atomic E-state index is -0.366. The molecular formula is C17H22N4O2. The number of aromatic nitrogens is 3. The average molecular weight is 314 g/mol. The molecule has 1 aliphatic carbocycles. The van der Waals surface area contributed by atoms with Crippen molar-refractivity contribution in [3.63, 3.8) is 0 Å². The molecule has 1 saturated heterocycles. The number of carbonyl (C=O) groups excluding carboxylic acids is 1. The van der Waals surface area contributed by atoms with E-state index in [9.17, 15) is 4.79 Å². The van der Waals surface area contributed by atoms with Gasteiger partial charge >= 0.3 is 0 Å². The Morgan fingerprint density at radius 2 is 2.22 bits per heavy atom. The average Bonchev–Trinajstić information content (AvgIpc) is 3.29. The van der Waals surface area contributed by atoms with Crippen LogP contribution >= 0.6 is 0 Å². The summed E-state index contributed by atoms with van der Waals surface area (Å²) in [7, 11) is 0. The molecule has 1 saturated carbocycles. The first kappa shape index (κ1) is 14.6. The third-order valence-electron chi connectivity index (χ3n) is 4.69. The Labute approximate surface area is 135 Å². The largest absolute Gasteiger partial charge is 0.369 e. The van der Waals surface area contributed by atoms with Crippen LogP contribution in [-0.4, -0.2) is 27.3 Å². The molecule has 0 spiro atoms. The van der Waals surface area contributed by atoms with Crippen molar-refractivity contribution in [3.8, 4) is 0 Å². The maximum Gasteiger partial charge on any atom is 0.223 e. The Bertz CT molecular complexity index is 730. The lowest BCUT2D eigenvalue weighted by molar-refractivity contribution is -0.117. The summed E-state index contributed by atoms with van der Waals surface area (Å²) in [5.41, 5.74) is 8.12. The molecule has 2 aliphatic rings. The van der Waals surface area contributed by atoms with Crippen LogP contribution < -0.4 is 5.73 Å². The van der Waals surface area contributed by atoms with Gasteiger partial charge in [-0.25, -0.2) is 4.68 Å². The number of amides is 1. The third-order valence-corrected chi connectivity index (χ3v) is 4.69. The first-order valence-corrected chi connectivity index (χ1v) is 8.46. The summed E-state index contributed by atoms with van der Waals surface area (Å²) < 4.78 is 7.91. The van der Waals surface area contributed by atoms with Crippen molar-refractivity contribution in [3.05, 3.63) is 23.7 Å². The Morgan fingerprint density at radius 3 is 2.91 bits per heavy atom. The molecule has 1 atom stereocenters. The van der Waals surface area contributed by atoms with Gasteiger partial charge in [0.25, 0.3) is 0 Å².